The van der Waals surface area contributed by atoms with Gasteiger partial charge in [0.1, 0.15) is 0 Å². The lowest BCUT2D eigenvalue weighted by atomic mass is 10.2. The van der Waals surface area contributed by atoms with E-state index in [-0.39, 0.29) is 0 Å². The first-order chi connectivity index (χ1) is 10.8. The maximum atomic E-state index is 5.97. The van der Waals surface area contributed by atoms with E-state index in [9.17, 15) is 0 Å². The highest BCUT2D eigenvalue weighted by Crippen LogP contribution is 2.25. The predicted octanol–water partition coefficient (Wildman–Crippen LogP) is 4.44. The van der Waals surface area contributed by atoms with E-state index in [1.807, 2.05) is 89.9 Å². The van der Waals surface area contributed by atoms with Crippen molar-refractivity contribution in [3.8, 4) is 0 Å². The molecule has 108 valence electrons. The van der Waals surface area contributed by atoms with E-state index >= 15 is 0 Å². The van der Waals surface area contributed by atoms with Crippen LogP contribution in [0.1, 0.15) is 5.56 Å². The van der Waals surface area contributed by atoms with Crippen LogP contribution in [0.5, 0.6) is 0 Å². The first kappa shape index (κ1) is 13.9. The lowest BCUT2D eigenvalue weighted by molar-refractivity contribution is 1.09. The fourth-order valence-corrected chi connectivity index (χ4v) is 2.17. The van der Waals surface area contributed by atoms with Gasteiger partial charge in [0.2, 0.25) is 0 Å². The first-order valence-corrected chi connectivity index (χ1v) is 7.13. The molecule has 3 rings (SSSR count). The molecule has 3 heteroatoms. The Labute approximate surface area is 130 Å². The summed E-state index contributed by atoms with van der Waals surface area (Å²) in [5.74, 6) is 0. The molecule has 0 atom stereocenters. The number of anilines is 3. The van der Waals surface area contributed by atoms with Crippen LogP contribution in [0.15, 0.2) is 90.0 Å². The van der Waals surface area contributed by atoms with Crippen molar-refractivity contribution >= 4 is 23.3 Å². The molecule has 0 aliphatic heterocycles. The molecule has 3 aromatic rings. The van der Waals surface area contributed by atoms with Gasteiger partial charge in [-0.1, -0.05) is 54.6 Å². The molecule has 0 radical (unpaired) electrons. The average Bonchev–Trinajstić information content (AvgIpc) is 2.59. The molecular weight excluding hydrogens is 270 g/mol. The number of hydrazone groups is 1. The van der Waals surface area contributed by atoms with Gasteiger partial charge in [-0.05, 0) is 30.3 Å². The maximum absolute atomic E-state index is 5.97. The van der Waals surface area contributed by atoms with Crippen molar-refractivity contribution in [2.24, 2.45) is 5.10 Å². The molecule has 0 amide bonds. The van der Waals surface area contributed by atoms with E-state index in [4.69, 9.17) is 5.73 Å². The van der Waals surface area contributed by atoms with Crippen molar-refractivity contribution < 1.29 is 0 Å². The van der Waals surface area contributed by atoms with E-state index in [1.165, 1.54) is 0 Å². The number of hydrogen-bond donors (Lipinski definition) is 1. The Morgan fingerprint density at radius 2 is 1.18 bits per heavy atom. The summed E-state index contributed by atoms with van der Waals surface area (Å²) in [5, 5.41) is 6.52. The number of nitrogens with zero attached hydrogens (tertiary/aromatic N) is 2. The number of nitrogens with two attached hydrogens (primary N) is 1. The van der Waals surface area contributed by atoms with Crippen molar-refractivity contribution in [2.45, 2.75) is 0 Å². The van der Waals surface area contributed by atoms with Crippen LogP contribution in [-0.4, -0.2) is 6.21 Å². The Balaban J connectivity index is 1.98. The molecule has 0 aromatic heterocycles. The highest BCUT2D eigenvalue weighted by Gasteiger charge is 2.06. The molecule has 0 heterocycles. The van der Waals surface area contributed by atoms with Gasteiger partial charge in [-0.2, -0.15) is 5.10 Å². The molecule has 22 heavy (non-hydrogen) atoms. The van der Waals surface area contributed by atoms with Gasteiger partial charge in [0, 0.05) is 11.3 Å². The fourth-order valence-electron chi connectivity index (χ4n) is 2.17. The zero-order valence-electron chi connectivity index (χ0n) is 12.1. The Bertz CT molecular complexity index is 712. The number of rotatable bonds is 4. The van der Waals surface area contributed by atoms with Crippen LogP contribution in [-0.2, 0) is 0 Å². The highest BCUT2D eigenvalue weighted by atomic mass is 15.5. The summed E-state index contributed by atoms with van der Waals surface area (Å²) >= 11 is 0. The minimum Gasteiger partial charge on any atom is -0.398 e. The predicted molar refractivity (Wildman–Crippen MR) is 93.5 cm³/mol. The third-order valence-corrected chi connectivity index (χ3v) is 3.31. The summed E-state index contributed by atoms with van der Waals surface area (Å²) in [6.07, 6.45) is 1.79. The topological polar surface area (TPSA) is 41.6 Å². The Morgan fingerprint density at radius 1 is 0.682 bits per heavy atom. The minimum atomic E-state index is 0.715. The van der Waals surface area contributed by atoms with Crippen molar-refractivity contribution in [2.75, 3.05) is 10.7 Å². The zero-order valence-corrected chi connectivity index (χ0v) is 12.1. The second-order valence-electron chi connectivity index (χ2n) is 4.86. The summed E-state index contributed by atoms with van der Waals surface area (Å²) in [6, 6.07) is 27.8. The number of hydrogen-bond acceptors (Lipinski definition) is 3. The molecule has 0 saturated carbocycles. The standard InChI is InChI=1S/C19H17N3/c20-19-14-8-7-9-16(19)15-21-22(17-10-3-1-4-11-17)18-12-5-2-6-13-18/h1-15H,20H2. The first-order valence-electron chi connectivity index (χ1n) is 7.13. The van der Waals surface area contributed by atoms with E-state index < -0.39 is 0 Å². The van der Waals surface area contributed by atoms with Crippen LogP contribution < -0.4 is 10.7 Å². The fraction of sp³-hybridized carbons (Fsp3) is 0. The van der Waals surface area contributed by atoms with Gasteiger partial charge >= 0.3 is 0 Å². The van der Waals surface area contributed by atoms with Crippen molar-refractivity contribution in [1.29, 1.82) is 0 Å². The van der Waals surface area contributed by atoms with Gasteiger partial charge in [-0.15, -0.1) is 0 Å². The summed E-state index contributed by atoms with van der Waals surface area (Å²) in [7, 11) is 0. The smallest absolute Gasteiger partial charge is 0.0652 e. The van der Waals surface area contributed by atoms with E-state index in [0.717, 1.165) is 16.9 Å². The molecule has 0 spiro atoms. The summed E-state index contributed by atoms with van der Waals surface area (Å²) in [4.78, 5) is 0. The van der Waals surface area contributed by atoms with Gasteiger partial charge in [-0.25, -0.2) is 5.01 Å². The van der Waals surface area contributed by atoms with Gasteiger partial charge in [0.05, 0.1) is 17.6 Å². The molecular formula is C19H17N3. The normalized spacial score (nSPS) is 10.7. The molecule has 3 aromatic carbocycles. The highest BCUT2D eigenvalue weighted by molar-refractivity contribution is 5.88. The Kier molecular flexibility index (Phi) is 4.16. The molecule has 0 unspecified atom stereocenters. The van der Waals surface area contributed by atoms with Crippen LogP contribution in [0.25, 0.3) is 0 Å². The zero-order chi connectivity index (χ0) is 15.2. The average molecular weight is 287 g/mol. The van der Waals surface area contributed by atoms with E-state index in [2.05, 4.69) is 5.10 Å². The van der Waals surface area contributed by atoms with Crippen LogP contribution in [0, 0.1) is 0 Å². The second kappa shape index (κ2) is 6.59. The number of para-hydroxylation sites is 3. The van der Waals surface area contributed by atoms with Gasteiger partial charge < -0.3 is 5.73 Å². The van der Waals surface area contributed by atoms with Gasteiger partial charge in [-0.3, -0.25) is 0 Å². The van der Waals surface area contributed by atoms with Crippen LogP contribution >= 0.6 is 0 Å². The lowest BCUT2D eigenvalue weighted by Crippen LogP contribution is -2.09. The minimum absolute atomic E-state index is 0.715. The molecule has 0 fully saturated rings. The van der Waals surface area contributed by atoms with Gasteiger partial charge in [0.25, 0.3) is 0 Å². The SMILES string of the molecule is Nc1ccccc1C=NN(c1ccccc1)c1ccccc1. The maximum Gasteiger partial charge on any atom is 0.0652 e. The third-order valence-electron chi connectivity index (χ3n) is 3.31. The van der Waals surface area contributed by atoms with E-state index in [1.54, 1.807) is 6.21 Å². The monoisotopic (exact) mass is 287 g/mol. The molecule has 3 nitrogen and oxygen atoms in total. The summed E-state index contributed by atoms with van der Waals surface area (Å²) in [6.45, 7) is 0. The Morgan fingerprint density at radius 3 is 1.73 bits per heavy atom. The third kappa shape index (κ3) is 3.15. The van der Waals surface area contributed by atoms with Crippen LogP contribution in [0.4, 0.5) is 17.1 Å². The second-order valence-corrected chi connectivity index (χ2v) is 4.86. The molecule has 0 bridgehead atoms. The Hall–Kier alpha value is -3.07. The number of benzene rings is 3. The lowest BCUT2D eigenvalue weighted by Gasteiger charge is -2.19. The van der Waals surface area contributed by atoms with Crippen molar-refractivity contribution in [3.05, 3.63) is 90.5 Å². The number of nitrogen functional groups attached to an aromatic ring is 1. The largest absolute Gasteiger partial charge is 0.398 e. The van der Waals surface area contributed by atoms with Crippen molar-refractivity contribution in [1.82, 2.24) is 0 Å². The molecule has 0 saturated heterocycles. The van der Waals surface area contributed by atoms with Crippen LogP contribution in [0.3, 0.4) is 0 Å². The van der Waals surface area contributed by atoms with Crippen molar-refractivity contribution in [3.63, 3.8) is 0 Å². The van der Waals surface area contributed by atoms with Crippen LogP contribution in [0.2, 0.25) is 0 Å². The quantitative estimate of drug-likeness (QED) is 0.438. The summed E-state index contributed by atoms with van der Waals surface area (Å²) in [5.41, 5.74) is 9.59. The summed E-state index contributed by atoms with van der Waals surface area (Å²) < 4.78 is 0. The van der Waals surface area contributed by atoms with E-state index in [0.29, 0.717) is 5.69 Å². The van der Waals surface area contributed by atoms with Gasteiger partial charge in [0.15, 0.2) is 0 Å². The molecule has 0 aliphatic rings. The molecule has 0 aliphatic carbocycles. The molecule has 2 N–H and O–H groups in total.